The van der Waals surface area contributed by atoms with Crippen molar-refractivity contribution in [3.05, 3.63) is 23.2 Å². The molecule has 0 aromatic carbocycles. The van der Waals surface area contributed by atoms with Crippen molar-refractivity contribution in [2.45, 2.75) is 18.2 Å². The fourth-order valence-electron chi connectivity index (χ4n) is 0.924. The summed E-state index contributed by atoms with van der Waals surface area (Å²) in [4.78, 5) is 18.4. The maximum absolute atomic E-state index is 10.4. The molecule has 0 bridgehead atoms. The van der Waals surface area contributed by atoms with Crippen molar-refractivity contribution < 1.29 is 9.90 Å². The van der Waals surface area contributed by atoms with Gasteiger partial charge in [-0.2, -0.15) is 11.8 Å². The molecule has 0 aliphatic carbocycles. The Morgan fingerprint density at radius 3 is 2.88 bits per heavy atom. The largest absolute Gasteiger partial charge is 0.480 e. The second kappa shape index (κ2) is 6.67. The van der Waals surface area contributed by atoms with E-state index in [0.29, 0.717) is 23.1 Å². The van der Waals surface area contributed by atoms with Gasteiger partial charge >= 0.3 is 5.97 Å². The number of carboxylic acid groups (broad SMARTS) is 1. The van der Waals surface area contributed by atoms with E-state index in [0.717, 1.165) is 5.69 Å². The van der Waals surface area contributed by atoms with Crippen molar-refractivity contribution in [2.75, 3.05) is 5.75 Å². The zero-order chi connectivity index (χ0) is 12.0. The number of hydrogen-bond acceptors (Lipinski definition) is 5. The van der Waals surface area contributed by atoms with Gasteiger partial charge in [0.1, 0.15) is 11.2 Å². The minimum absolute atomic E-state index is 0.363. The van der Waals surface area contributed by atoms with E-state index in [1.807, 2.05) is 0 Å². The molecule has 0 radical (unpaired) electrons. The Balaban J connectivity index is 2.21. The van der Waals surface area contributed by atoms with Gasteiger partial charge < -0.3 is 10.8 Å². The molecule has 0 fully saturated rings. The van der Waals surface area contributed by atoms with Crippen molar-refractivity contribution in [3.63, 3.8) is 0 Å². The Morgan fingerprint density at radius 1 is 1.56 bits per heavy atom. The lowest BCUT2D eigenvalue weighted by Gasteiger charge is -2.05. The number of thioether (sulfide) groups is 1. The van der Waals surface area contributed by atoms with E-state index < -0.39 is 12.0 Å². The first-order valence-electron chi connectivity index (χ1n) is 4.62. The second-order valence-corrected chi connectivity index (χ2v) is 4.61. The highest BCUT2D eigenvalue weighted by Crippen LogP contribution is 2.12. The summed E-state index contributed by atoms with van der Waals surface area (Å²) in [6.07, 6.45) is 3.54. The highest BCUT2D eigenvalue weighted by atomic mass is 35.5. The van der Waals surface area contributed by atoms with Crippen LogP contribution in [0.5, 0.6) is 0 Å². The van der Waals surface area contributed by atoms with E-state index >= 15 is 0 Å². The number of aliphatic carboxylic acids is 1. The molecule has 1 atom stereocenters. The highest BCUT2D eigenvalue weighted by molar-refractivity contribution is 7.98. The molecule has 3 N–H and O–H groups in total. The first kappa shape index (κ1) is 13.2. The minimum atomic E-state index is -0.966. The fraction of sp³-hybridized carbons (Fsp3) is 0.444. The lowest BCUT2D eigenvalue weighted by atomic mass is 10.2. The summed E-state index contributed by atoms with van der Waals surface area (Å²) in [7, 11) is 0. The summed E-state index contributed by atoms with van der Waals surface area (Å²) >= 11 is 7.16. The summed E-state index contributed by atoms with van der Waals surface area (Å²) in [5.74, 6) is 0.390. The van der Waals surface area contributed by atoms with Gasteiger partial charge in [0.15, 0.2) is 0 Å². The van der Waals surface area contributed by atoms with Crippen LogP contribution < -0.4 is 5.73 Å². The van der Waals surface area contributed by atoms with Crippen LogP contribution in [0.1, 0.15) is 12.1 Å². The molecular formula is C9H12ClN3O2S. The van der Waals surface area contributed by atoms with Gasteiger partial charge in [0.25, 0.3) is 0 Å². The number of carbonyl (C=O) groups is 1. The van der Waals surface area contributed by atoms with Crippen LogP contribution in [0.4, 0.5) is 0 Å². The van der Waals surface area contributed by atoms with E-state index in [1.165, 1.54) is 6.20 Å². The quantitative estimate of drug-likeness (QED) is 0.747. The number of rotatable bonds is 6. The molecule has 1 heterocycles. The zero-order valence-electron chi connectivity index (χ0n) is 8.47. The van der Waals surface area contributed by atoms with E-state index in [-0.39, 0.29) is 0 Å². The minimum Gasteiger partial charge on any atom is -0.480 e. The first-order chi connectivity index (χ1) is 7.59. The van der Waals surface area contributed by atoms with Crippen LogP contribution in [0.2, 0.25) is 5.15 Å². The molecule has 7 heteroatoms. The van der Waals surface area contributed by atoms with Crippen molar-refractivity contribution in [1.29, 1.82) is 0 Å². The maximum atomic E-state index is 10.4. The van der Waals surface area contributed by atoms with Crippen LogP contribution >= 0.6 is 23.4 Å². The van der Waals surface area contributed by atoms with Gasteiger partial charge in [0.05, 0.1) is 18.1 Å². The maximum Gasteiger partial charge on any atom is 0.320 e. The fourth-order valence-corrected chi connectivity index (χ4v) is 1.94. The van der Waals surface area contributed by atoms with E-state index in [4.69, 9.17) is 22.4 Å². The van der Waals surface area contributed by atoms with Crippen LogP contribution in [0.15, 0.2) is 12.4 Å². The monoisotopic (exact) mass is 261 g/mol. The smallest absolute Gasteiger partial charge is 0.320 e. The van der Waals surface area contributed by atoms with Gasteiger partial charge in [-0.05, 0) is 12.2 Å². The van der Waals surface area contributed by atoms with Crippen LogP contribution in [0.3, 0.4) is 0 Å². The average molecular weight is 262 g/mol. The zero-order valence-corrected chi connectivity index (χ0v) is 10.0. The lowest BCUT2D eigenvalue weighted by molar-refractivity contribution is -0.138. The van der Waals surface area contributed by atoms with Gasteiger partial charge in [-0.15, -0.1) is 0 Å². The Bertz CT molecular complexity index is 347. The standard InChI is InChI=1S/C9H12ClN3O2S/c10-8-4-12-6(3-13-8)5-16-2-1-7(11)9(14)15/h3-4,7H,1-2,5,11H2,(H,14,15). The third-order valence-corrected chi connectivity index (χ3v) is 3.03. The predicted octanol–water partition coefficient (Wildman–Crippen LogP) is 1.17. The second-order valence-electron chi connectivity index (χ2n) is 3.12. The van der Waals surface area contributed by atoms with Crippen molar-refractivity contribution in [3.8, 4) is 0 Å². The normalized spacial score (nSPS) is 12.4. The summed E-state index contributed by atoms with van der Waals surface area (Å²) in [5.41, 5.74) is 6.18. The predicted molar refractivity (Wildman–Crippen MR) is 63.4 cm³/mol. The van der Waals surface area contributed by atoms with E-state index in [1.54, 1.807) is 18.0 Å². The Morgan fingerprint density at radius 2 is 2.31 bits per heavy atom. The summed E-state index contributed by atoms with van der Waals surface area (Å²) in [6, 6.07) is -0.788. The van der Waals surface area contributed by atoms with Crippen molar-refractivity contribution in [1.82, 2.24) is 9.97 Å². The molecule has 1 unspecified atom stereocenters. The molecule has 0 saturated heterocycles. The molecule has 16 heavy (non-hydrogen) atoms. The number of hydrogen-bond donors (Lipinski definition) is 2. The molecule has 5 nitrogen and oxygen atoms in total. The van der Waals surface area contributed by atoms with E-state index in [2.05, 4.69) is 9.97 Å². The molecule has 0 spiro atoms. The summed E-state index contributed by atoms with van der Waals surface area (Å²) in [5, 5.41) is 8.92. The number of aromatic nitrogens is 2. The number of nitrogens with two attached hydrogens (primary N) is 1. The van der Waals surface area contributed by atoms with Gasteiger partial charge in [-0.3, -0.25) is 9.78 Å². The summed E-state index contributed by atoms with van der Waals surface area (Å²) < 4.78 is 0. The molecule has 0 aliphatic rings. The molecule has 1 aromatic heterocycles. The molecule has 1 aromatic rings. The first-order valence-corrected chi connectivity index (χ1v) is 6.15. The average Bonchev–Trinajstić information content (AvgIpc) is 2.26. The van der Waals surface area contributed by atoms with Crippen LogP contribution in [-0.4, -0.2) is 32.8 Å². The molecular weight excluding hydrogens is 250 g/mol. The lowest BCUT2D eigenvalue weighted by Crippen LogP contribution is -2.30. The molecule has 0 aliphatic heterocycles. The van der Waals surface area contributed by atoms with Gasteiger partial charge in [-0.1, -0.05) is 11.6 Å². The highest BCUT2D eigenvalue weighted by Gasteiger charge is 2.10. The third-order valence-electron chi connectivity index (χ3n) is 1.81. The Kier molecular flexibility index (Phi) is 5.51. The van der Waals surface area contributed by atoms with Gasteiger partial charge in [0, 0.05) is 5.75 Å². The van der Waals surface area contributed by atoms with Crippen LogP contribution in [-0.2, 0) is 10.5 Å². The number of carboxylic acids is 1. The molecule has 1 rings (SSSR count). The van der Waals surface area contributed by atoms with Crippen molar-refractivity contribution in [2.24, 2.45) is 5.73 Å². The van der Waals surface area contributed by atoms with Crippen molar-refractivity contribution >= 4 is 29.3 Å². The van der Waals surface area contributed by atoms with Crippen LogP contribution in [0.25, 0.3) is 0 Å². The SMILES string of the molecule is NC(CCSCc1cnc(Cl)cn1)C(=O)O. The molecule has 0 saturated carbocycles. The Labute approximate surface area is 102 Å². The van der Waals surface area contributed by atoms with Gasteiger partial charge in [-0.25, -0.2) is 4.98 Å². The van der Waals surface area contributed by atoms with Crippen LogP contribution in [0, 0.1) is 0 Å². The van der Waals surface area contributed by atoms with E-state index in [9.17, 15) is 4.79 Å². The summed E-state index contributed by atoms with van der Waals surface area (Å²) in [6.45, 7) is 0. The number of nitrogens with zero attached hydrogens (tertiary/aromatic N) is 2. The molecule has 88 valence electrons. The Hall–Kier alpha value is -0.850. The topological polar surface area (TPSA) is 89.1 Å². The molecule has 0 amide bonds. The third kappa shape index (κ3) is 4.78. The number of halogens is 1. The van der Waals surface area contributed by atoms with Gasteiger partial charge in [0.2, 0.25) is 0 Å².